The van der Waals surface area contributed by atoms with Crippen LogP contribution in [0.1, 0.15) is 31.1 Å². The zero-order valence-corrected chi connectivity index (χ0v) is 27.6. The molecule has 3 heterocycles. The van der Waals surface area contributed by atoms with E-state index < -0.39 is 17.7 Å². The molecular weight excluding hydrogens is 594 g/mol. The molecule has 0 amide bonds. The first-order valence-corrected chi connectivity index (χ1v) is 15.9. The van der Waals surface area contributed by atoms with Crippen LogP contribution in [0.15, 0.2) is 48.5 Å². The van der Waals surface area contributed by atoms with E-state index in [9.17, 15) is 9.90 Å². The second-order valence-corrected chi connectivity index (χ2v) is 14.4. The Bertz CT molecular complexity index is 1880. The molecule has 8 nitrogen and oxygen atoms in total. The number of thiazole rings is 1. The summed E-state index contributed by atoms with van der Waals surface area (Å²) in [5, 5.41) is 17.8. The average molecular weight is 632 g/mol. The molecule has 6 rings (SSSR count). The molecule has 2 aromatic heterocycles. The fourth-order valence-electron chi connectivity index (χ4n) is 5.96. The normalized spacial score (nSPS) is 16.1. The molecule has 1 atom stereocenters. The maximum atomic E-state index is 12.7. The predicted octanol–water partition coefficient (Wildman–Crippen LogP) is 7.13. The van der Waals surface area contributed by atoms with Gasteiger partial charge in [0.25, 0.3) is 0 Å². The average Bonchev–Trinajstić information content (AvgIpc) is 3.52. The first-order chi connectivity index (χ1) is 20.7. The van der Waals surface area contributed by atoms with Gasteiger partial charge in [-0.3, -0.25) is 4.68 Å². The van der Waals surface area contributed by atoms with E-state index in [0.717, 1.165) is 84.9 Å². The van der Waals surface area contributed by atoms with Crippen molar-refractivity contribution in [3.8, 4) is 21.7 Å². The highest BCUT2D eigenvalue weighted by molar-refractivity contribution is 7.22. The lowest BCUT2D eigenvalue weighted by molar-refractivity contribution is -0.890. The van der Waals surface area contributed by atoms with Crippen LogP contribution in [0.3, 0.4) is 0 Å². The van der Waals surface area contributed by atoms with Gasteiger partial charge in [-0.25, -0.2) is 9.78 Å². The lowest BCUT2D eigenvalue weighted by atomic mass is 9.91. The molecule has 1 aliphatic rings. The van der Waals surface area contributed by atoms with Crippen LogP contribution < -0.4 is 4.90 Å². The number of likely N-dealkylation sites (N-methyl/N-ethyl adjacent to an activating group) is 1. The molecule has 1 aliphatic heterocycles. The third kappa shape index (κ3) is 5.81. The first-order valence-electron chi connectivity index (χ1n) is 14.7. The molecule has 1 N–H and O–H groups in total. The first kappa shape index (κ1) is 30.5. The number of aromatic nitrogens is 3. The highest BCUT2D eigenvalue weighted by atomic mass is 35.5. The number of hydrogen-bond donors (Lipinski definition) is 1. The van der Waals surface area contributed by atoms with Crippen LogP contribution >= 0.6 is 22.9 Å². The molecule has 0 unspecified atom stereocenters. The zero-order chi connectivity index (χ0) is 31.6. The van der Waals surface area contributed by atoms with E-state index in [0.29, 0.717) is 10.6 Å². The Hall–Kier alpha value is -3.50. The minimum absolute atomic E-state index is 0.593. The Morgan fingerprint density at radius 2 is 1.77 bits per heavy atom. The van der Waals surface area contributed by atoms with Crippen LogP contribution in [0.5, 0.6) is 0 Å². The topological polar surface area (TPSA) is 80.5 Å². The summed E-state index contributed by atoms with van der Waals surface area (Å²) in [6, 6.07) is 15.8. The summed E-state index contributed by atoms with van der Waals surface area (Å²) in [5.41, 5.74) is 4.96. The maximum Gasteiger partial charge on any atom is 0.337 e. The Labute approximate surface area is 267 Å². The van der Waals surface area contributed by atoms with Crippen molar-refractivity contribution < 1.29 is 19.1 Å². The van der Waals surface area contributed by atoms with Crippen molar-refractivity contribution in [3.05, 3.63) is 71.6 Å². The third-order valence-electron chi connectivity index (χ3n) is 8.31. The molecule has 10 heteroatoms. The van der Waals surface area contributed by atoms with Gasteiger partial charge in [-0.1, -0.05) is 43.2 Å². The highest BCUT2D eigenvalue weighted by Crippen LogP contribution is 2.45. The van der Waals surface area contributed by atoms with E-state index in [2.05, 4.69) is 44.1 Å². The summed E-state index contributed by atoms with van der Waals surface area (Å²) in [6.45, 7) is 13.5. The number of benzene rings is 3. The number of aliphatic carboxylic acids is 1. The molecule has 0 bridgehead atoms. The van der Waals surface area contributed by atoms with Crippen molar-refractivity contribution in [2.24, 2.45) is 7.05 Å². The third-order valence-corrected chi connectivity index (χ3v) is 9.70. The summed E-state index contributed by atoms with van der Waals surface area (Å²) in [6.07, 6.45) is -1.22. The van der Waals surface area contributed by atoms with Gasteiger partial charge >= 0.3 is 5.97 Å². The molecule has 0 spiro atoms. The lowest BCUT2D eigenvalue weighted by Gasteiger charge is -2.39. The second-order valence-electron chi connectivity index (χ2n) is 13.0. The molecule has 44 heavy (non-hydrogen) atoms. The quantitative estimate of drug-likeness (QED) is 0.152. The zero-order valence-electron chi connectivity index (χ0n) is 26.0. The van der Waals surface area contributed by atoms with Gasteiger partial charge in [-0.15, -0.1) is 11.3 Å². The van der Waals surface area contributed by atoms with Crippen molar-refractivity contribution in [1.82, 2.24) is 14.8 Å². The van der Waals surface area contributed by atoms with Gasteiger partial charge in [-0.2, -0.15) is 5.10 Å². The summed E-state index contributed by atoms with van der Waals surface area (Å²) in [4.78, 5) is 20.1. The minimum Gasteiger partial charge on any atom is -0.479 e. The van der Waals surface area contributed by atoms with E-state index in [1.807, 2.05) is 49.0 Å². The fraction of sp³-hybridized carbons (Fsp3) is 0.353. The Morgan fingerprint density at radius 3 is 2.41 bits per heavy atom. The number of piperazine rings is 1. The van der Waals surface area contributed by atoms with Crippen LogP contribution in [-0.4, -0.2) is 76.2 Å². The lowest BCUT2D eigenvalue weighted by Crippen LogP contribution is -2.55. The van der Waals surface area contributed by atoms with Gasteiger partial charge in [0, 0.05) is 34.1 Å². The minimum atomic E-state index is -1.22. The van der Waals surface area contributed by atoms with E-state index in [1.165, 1.54) is 0 Å². The highest BCUT2D eigenvalue weighted by Gasteiger charge is 2.31. The molecule has 0 aliphatic carbocycles. The number of carboxylic acid groups (broad SMARTS) is 1. The van der Waals surface area contributed by atoms with Gasteiger partial charge in [0.1, 0.15) is 5.01 Å². The van der Waals surface area contributed by atoms with Crippen molar-refractivity contribution in [2.75, 3.05) is 45.2 Å². The smallest absolute Gasteiger partial charge is 0.337 e. The fourth-order valence-corrected chi connectivity index (χ4v) is 7.21. The number of fused-ring (bicyclic) bond motifs is 2. The maximum absolute atomic E-state index is 12.7. The number of aryl methyl sites for hydroxylation is 2. The SMILES string of the molecule is [CH2-]C(C)(C)O[C@H](C(=O)O)c1c(C)cc2nc(-c3ccc4c(c3)c(N3CC[N+](C)(C)CC3)nn4C)sc2c1-c1ccc(Cl)cc1. The predicted molar refractivity (Wildman–Crippen MR) is 179 cm³/mol. The molecule has 0 radical (unpaired) electrons. The van der Waals surface area contributed by atoms with Crippen LogP contribution in [0, 0.1) is 13.8 Å². The molecule has 1 saturated heterocycles. The monoisotopic (exact) mass is 631 g/mol. The number of halogens is 1. The van der Waals surface area contributed by atoms with Crippen molar-refractivity contribution in [2.45, 2.75) is 32.5 Å². The van der Waals surface area contributed by atoms with Crippen molar-refractivity contribution >= 4 is 55.8 Å². The number of nitrogens with zero attached hydrogens (tertiary/aromatic N) is 5. The van der Waals surface area contributed by atoms with E-state index in [1.54, 1.807) is 25.2 Å². The molecular formula is C34H38ClN5O3S. The van der Waals surface area contributed by atoms with E-state index in [-0.39, 0.29) is 0 Å². The standard InChI is InChI=1S/C34H38ClN5O3S/c1-20-18-25-30(28(21-8-11-23(35)12-9-21)27(20)29(33(41)42)43-34(2,3)4)44-32(36-25)22-10-13-26-24(19-22)31(37-38(26)5)39-14-16-40(6,7)17-15-39/h8-13,18-19,29H,2,14-17H2,1,3-7H3,(H,41,42)/t29-/m0/s1. The Kier molecular flexibility index (Phi) is 7.73. The van der Waals surface area contributed by atoms with Crippen LogP contribution in [0.4, 0.5) is 5.82 Å². The molecule has 5 aromatic rings. The largest absolute Gasteiger partial charge is 0.479 e. The van der Waals surface area contributed by atoms with Gasteiger partial charge in [0.15, 0.2) is 11.9 Å². The number of carboxylic acids is 1. The van der Waals surface area contributed by atoms with Crippen LogP contribution in [0.2, 0.25) is 5.02 Å². The summed E-state index contributed by atoms with van der Waals surface area (Å²) < 4.78 is 9.91. The van der Waals surface area contributed by atoms with Gasteiger partial charge in [0.2, 0.25) is 0 Å². The van der Waals surface area contributed by atoms with Crippen molar-refractivity contribution in [1.29, 1.82) is 0 Å². The number of rotatable bonds is 7. The van der Waals surface area contributed by atoms with Crippen molar-refractivity contribution in [3.63, 3.8) is 0 Å². The second kappa shape index (κ2) is 11.1. The number of hydrogen-bond acceptors (Lipinski definition) is 6. The number of anilines is 1. The molecule has 3 aromatic carbocycles. The molecule has 230 valence electrons. The van der Waals surface area contributed by atoms with Gasteiger partial charge in [0.05, 0.1) is 56.0 Å². The molecule has 0 saturated carbocycles. The number of ether oxygens (including phenoxy) is 1. The summed E-state index contributed by atoms with van der Waals surface area (Å²) >= 11 is 7.81. The number of carbonyl (C=O) groups is 1. The van der Waals surface area contributed by atoms with Crippen LogP contribution in [0.25, 0.3) is 42.8 Å². The number of quaternary nitrogens is 1. The van der Waals surface area contributed by atoms with Gasteiger partial charge in [-0.05, 0) is 54.4 Å². The van der Waals surface area contributed by atoms with Gasteiger partial charge < -0.3 is 26.2 Å². The van der Waals surface area contributed by atoms with Crippen LogP contribution in [-0.2, 0) is 16.6 Å². The van der Waals surface area contributed by atoms with E-state index >= 15 is 0 Å². The Balaban J connectivity index is 1.52. The Morgan fingerprint density at radius 1 is 1.11 bits per heavy atom. The molecule has 1 fully saturated rings. The summed E-state index contributed by atoms with van der Waals surface area (Å²) in [5.74, 6) is -0.0685. The summed E-state index contributed by atoms with van der Waals surface area (Å²) in [7, 11) is 6.54. The van der Waals surface area contributed by atoms with E-state index in [4.69, 9.17) is 26.4 Å².